The highest BCUT2D eigenvalue weighted by atomic mass is 79.9. The van der Waals surface area contributed by atoms with Gasteiger partial charge in [-0.05, 0) is 24.6 Å². The molecule has 2 atom stereocenters. The molecular weight excluding hydrogens is 321 g/mol. The Balaban J connectivity index is 2.56. The van der Waals surface area contributed by atoms with Gasteiger partial charge in [0.15, 0.2) is 0 Å². The van der Waals surface area contributed by atoms with Gasteiger partial charge in [0.2, 0.25) is 5.91 Å². The zero-order chi connectivity index (χ0) is 13.7. The second-order valence-electron chi connectivity index (χ2n) is 4.12. The zero-order valence-corrected chi connectivity index (χ0v) is 12.6. The van der Waals surface area contributed by atoms with Crippen molar-refractivity contribution < 1.29 is 13.4 Å². The van der Waals surface area contributed by atoms with Gasteiger partial charge in [-0.2, -0.15) is 0 Å². The van der Waals surface area contributed by atoms with Crippen LogP contribution in [0.1, 0.15) is 12.5 Å². The smallest absolute Gasteiger partial charge is 0.224 e. The first-order valence-corrected chi connectivity index (χ1v) is 7.94. The zero-order valence-electron chi connectivity index (χ0n) is 10.2. The maximum atomic E-state index is 12.9. The molecule has 0 saturated carbocycles. The molecule has 1 rings (SSSR count). The molecule has 1 aromatic carbocycles. The van der Waals surface area contributed by atoms with E-state index in [0.29, 0.717) is 10.2 Å². The van der Waals surface area contributed by atoms with Crippen molar-refractivity contribution in [3.05, 3.63) is 34.1 Å². The van der Waals surface area contributed by atoms with Crippen LogP contribution in [0, 0.1) is 5.82 Å². The monoisotopic (exact) mass is 335 g/mol. The number of amides is 1. The van der Waals surface area contributed by atoms with Crippen molar-refractivity contribution in [2.45, 2.75) is 19.4 Å². The van der Waals surface area contributed by atoms with Gasteiger partial charge in [0, 0.05) is 33.3 Å². The minimum atomic E-state index is -0.940. The molecule has 0 aromatic heterocycles. The van der Waals surface area contributed by atoms with Crippen molar-refractivity contribution in [3.63, 3.8) is 0 Å². The predicted octanol–water partition coefficient (Wildman–Crippen LogP) is 2.01. The average molecular weight is 336 g/mol. The first-order chi connectivity index (χ1) is 8.38. The molecule has 0 bridgehead atoms. The van der Waals surface area contributed by atoms with Gasteiger partial charge in [-0.25, -0.2) is 4.39 Å². The molecule has 0 unspecified atom stereocenters. The highest BCUT2D eigenvalue weighted by molar-refractivity contribution is 9.10. The predicted molar refractivity (Wildman–Crippen MR) is 74.3 cm³/mol. The molecule has 0 spiro atoms. The lowest BCUT2D eigenvalue weighted by molar-refractivity contribution is -0.120. The summed E-state index contributed by atoms with van der Waals surface area (Å²) < 4.78 is 24.4. The number of nitrogens with one attached hydrogen (secondary N) is 1. The molecule has 0 radical (unpaired) electrons. The SMILES string of the molecule is C[C@H](C[S@@](C)=O)NC(=O)Cc1ccc(F)cc1Br. The molecule has 0 heterocycles. The molecule has 1 N–H and O–H groups in total. The van der Waals surface area contributed by atoms with Crippen molar-refractivity contribution in [2.75, 3.05) is 12.0 Å². The van der Waals surface area contributed by atoms with Gasteiger partial charge in [0.1, 0.15) is 5.82 Å². The Hall–Kier alpha value is -0.750. The van der Waals surface area contributed by atoms with Crippen LogP contribution in [0.3, 0.4) is 0 Å². The van der Waals surface area contributed by atoms with Gasteiger partial charge in [0.05, 0.1) is 6.42 Å². The summed E-state index contributed by atoms with van der Waals surface area (Å²) in [5.74, 6) is -0.0860. The van der Waals surface area contributed by atoms with Gasteiger partial charge in [0.25, 0.3) is 0 Å². The van der Waals surface area contributed by atoms with E-state index < -0.39 is 10.8 Å². The number of benzene rings is 1. The number of halogens is 2. The maximum absolute atomic E-state index is 12.9. The summed E-state index contributed by atoms with van der Waals surface area (Å²) in [6, 6.07) is 4.08. The van der Waals surface area contributed by atoms with Gasteiger partial charge >= 0.3 is 0 Å². The van der Waals surface area contributed by atoms with E-state index in [4.69, 9.17) is 0 Å². The fourth-order valence-corrected chi connectivity index (χ4v) is 2.84. The molecule has 6 heteroatoms. The van der Waals surface area contributed by atoms with Gasteiger partial charge in [-0.3, -0.25) is 9.00 Å². The van der Waals surface area contributed by atoms with Crippen molar-refractivity contribution in [1.82, 2.24) is 5.32 Å². The van der Waals surface area contributed by atoms with Gasteiger partial charge in [-0.15, -0.1) is 0 Å². The first-order valence-electron chi connectivity index (χ1n) is 5.42. The molecular formula is C12H15BrFNO2S. The van der Waals surface area contributed by atoms with Crippen molar-refractivity contribution in [3.8, 4) is 0 Å². The van der Waals surface area contributed by atoms with E-state index in [-0.39, 0.29) is 24.2 Å². The Labute approximate surface area is 117 Å². The van der Waals surface area contributed by atoms with Gasteiger partial charge in [-0.1, -0.05) is 22.0 Å². The van der Waals surface area contributed by atoms with Crippen LogP contribution in [0.4, 0.5) is 4.39 Å². The second-order valence-corrected chi connectivity index (χ2v) is 6.45. The summed E-state index contributed by atoms with van der Waals surface area (Å²) in [5.41, 5.74) is 0.721. The number of hydrogen-bond donors (Lipinski definition) is 1. The van der Waals surface area contributed by atoms with Crippen LogP contribution in [0.25, 0.3) is 0 Å². The fraction of sp³-hybridized carbons (Fsp3) is 0.417. The molecule has 0 aliphatic rings. The van der Waals surface area contributed by atoms with E-state index in [0.717, 1.165) is 5.56 Å². The normalized spacial score (nSPS) is 14.0. The third-order valence-corrected chi connectivity index (χ3v) is 3.97. The van der Waals surface area contributed by atoms with Crippen LogP contribution in [0.5, 0.6) is 0 Å². The topological polar surface area (TPSA) is 46.2 Å². The van der Waals surface area contributed by atoms with E-state index in [2.05, 4.69) is 21.2 Å². The lowest BCUT2D eigenvalue weighted by Crippen LogP contribution is -2.37. The van der Waals surface area contributed by atoms with Crippen molar-refractivity contribution in [2.24, 2.45) is 0 Å². The molecule has 0 saturated heterocycles. The number of hydrogen-bond acceptors (Lipinski definition) is 2. The highest BCUT2D eigenvalue weighted by Gasteiger charge is 2.11. The molecule has 1 aromatic rings. The lowest BCUT2D eigenvalue weighted by atomic mass is 10.1. The van der Waals surface area contributed by atoms with Crippen LogP contribution in [-0.2, 0) is 22.0 Å². The standard InChI is InChI=1S/C12H15BrFNO2S/c1-8(7-18(2)17)15-12(16)5-9-3-4-10(14)6-11(9)13/h3-4,6,8H,5,7H2,1-2H3,(H,15,16)/t8-,18-/m1/s1. The average Bonchev–Trinajstić information content (AvgIpc) is 2.20. The van der Waals surface area contributed by atoms with Crippen LogP contribution in [-0.4, -0.2) is 28.2 Å². The van der Waals surface area contributed by atoms with E-state index in [9.17, 15) is 13.4 Å². The molecule has 0 aliphatic carbocycles. The first kappa shape index (κ1) is 15.3. The summed E-state index contributed by atoms with van der Waals surface area (Å²) in [4.78, 5) is 11.7. The van der Waals surface area contributed by atoms with E-state index in [1.54, 1.807) is 19.2 Å². The largest absolute Gasteiger partial charge is 0.352 e. The Morgan fingerprint density at radius 2 is 2.22 bits per heavy atom. The highest BCUT2D eigenvalue weighted by Crippen LogP contribution is 2.18. The number of carbonyl (C=O) groups excluding carboxylic acids is 1. The fourth-order valence-electron chi connectivity index (χ4n) is 1.56. The van der Waals surface area contributed by atoms with Crippen molar-refractivity contribution >= 4 is 32.6 Å². The second kappa shape index (κ2) is 6.99. The number of carbonyl (C=O) groups is 1. The minimum absolute atomic E-state index is 0.137. The van der Waals surface area contributed by atoms with E-state index in [1.165, 1.54) is 12.1 Å². The minimum Gasteiger partial charge on any atom is -0.352 e. The molecule has 18 heavy (non-hydrogen) atoms. The Bertz CT molecular complexity index is 467. The van der Waals surface area contributed by atoms with Crippen LogP contribution in [0.15, 0.2) is 22.7 Å². The third kappa shape index (κ3) is 5.27. The van der Waals surface area contributed by atoms with Crippen LogP contribution < -0.4 is 5.32 Å². The maximum Gasteiger partial charge on any atom is 0.224 e. The quantitative estimate of drug-likeness (QED) is 0.894. The Kier molecular flexibility index (Phi) is 5.95. The van der Waals surface area contributed by atoms with Crippen LogP contribution >= 0.6 is 15.9 Å². The lowest BCUT2D eigenvalue weighted by Gasteiger charge is -2.12. The summed E-state index contributed by atoms with van der Waals surface area (Å²) in [6.07, 6.45) is 1.76. The van der Waals surface area contributed by atoms with Crippen molar-refractivity contribution in [1.29, 1.82) is 0 Å². The summed E-state index contributed by atoms with van der Waals surface area (Å²) >= 11 is 3.21. The Morgan fingerprint density at radius 3 is 2.78 bits per heavy atom. The Morgan fingerprint density at radius 1 is 1.56 bits per heavy atom. The third-order valence-electron chi connectivity index (χ3n) is 2.26. The van der Waals surface area contributed by atoms with E-state index in [1.807, 2.05) is 0 Å². The van der Waals surface area contributed by atoms with E-state index >= 15 is 0 Å². The molecule has 100 valence electrons. The number of rotatable bonds is 5. The summed E-state index contributed by atoms with van der Waals surface area (Å²) in [7, 11) is -0.940. The molecule has 0 aliphatic heterocycles. The molecule has 3 nitrogen and oxygen atoms in total. The van der Waals surface area contributed by atoms with Crippen LogP contribution in [0.2, 0.25) is 0 Å². The molecule has 1 amide bonds. The van der Waals surface area contributed by atoms with Gasteiger partial charge < -0.3 is 5.32 Å². The summed E-state index contributed by atoms with van der Waals surface area (Å²) in [6.45, 7) is 1.80. The molecule has 0 fully saturated rings. The summed E-state index contributed by atoms with van der Waals surface area (Å²) in [5, 5.41) is 2.75.